The summed E-state index contributed by atoms with van der Waals surface area (Å²) < 4.78 is 4.80. The lowest BCUT2D eigenvalue weighted by atomic mass is 9.78. The summed E-state index contributed by atoms with van der Waals surface area (Å²) in [6.07, 6.45) is -0.606. The van der Waals surface area contributed by atoms with Crippen molar-refractivity contribution < 1.29 is 24.9 Å². The molecule has 1 aliphatic heterocycles. The van der Waals surface area contributed by atoms with Gasteiger partial charge in [-0.1, -0.05) is 13.8 Å². The van der Waals surface area contributed by atoms with E-state index < -0.39 is 24.0 Å². The lowest BCUT2D eigenvalue weighted by Crippen LogP contribution is -2.40. The second-order valence-corrected chi connectivity index (χ2v) is 7.51. The molecule has 2 aliphatic carbocycles. The summed E-state index contributed by atoms with van der Waals surface area (Å²) in [5, 5.41) is 31.3. The summed E-state index contributed by atoms with van der Waals surface area (Å²) in [6.45, 7) is 5.95. The van der Waals surface area contributed by atoms with Crippen LogP contribution in [0.25, 0.3) is 0 Å². The number of hydrogen-bond donors (Lipinski definition) is 3. The number of hydrogen-bond acceptors (Lipinski definition) is 5. The molecule has 3 aliphatic rings. The first-order valence-corrected chi connectivity index (χ1v) is 7.15. The third-order valence-corrected chi connectivity index (χ3v) is 5.21. The highest BCUT2D eigenvalue weighted by Crippen LogP contribution is 2.55. The quantitative estimate of drug-likeness (QED) is 0.570. The van der Waals surface area contributed by atoms with Crippen molar-refractivity contribution >= 4 is 5.97 Å². The molecule has 20 heavy (non-hydrogen) atoms. The van der Waals surface area contributed by atoms with Gasteiger partial charge in [0.2, 0.25) is 6.29 Å². The first kappa shape index (κ1) is 14.0. The van der Waals surface area contributed by atoms with Gasteiger partial charge in [0.15, 0.2) is 0 Å². The molecule has 1 fully saturated rings. The highest BCUT2D eigenvalue weighted by atomic mass is 16.6. The van der Waals surface area contributed by atoms with Crippen molar-refractivity contribution in [2.75, 3.05) is 0 Å². The highest BCUT2D eigenvalue weighted by molar-refractivity contribution is 5.92. The number of carbonyl (C=O) groups is 1. The SMILES string of the molecule is CC1(C)C[C@@H]2[C@H](O)C3=C(C[C@](C)(O)[C@H]2C1)C(=O)O[C@H]3O. The zero-order chi connectivity index (χ0) is 14.9. The highest BCUT2D eigenvalue weighted by Gasteiger charge is 2.56. The minimum absolute atomic E-state index is 0.0345. The Labute approximate surface area is 118 Å². The van der Waals surface area contributed by atoms with Gasteiger partial charge in [-0.05, 0) is 37.0 Å². The van der Waals surface area contributed by atoms with Gasteiger partial charge in [0.1, 0.15) is 0 Å². The van der Waals surface area contributed by atoms with Crippen molar-refractivity contribution in [1.82, 2.24) is 0 Å². The van der Waals surface area contributed by atoms with E-state index in [1.165, 1.54) is 0 Å². The zero-order valence-corrected chi connectivity index (χ0v) is 12.1. The Bertz CT molecular complexity index is 490. The van der Waals surface area contributed by atoms with Gasteiger partial charge in [-0.15, -0.1) is 0 Å². The topological polar surface area (TPSA) is 87.0 Å². The van der Waals surface area contributed by atoms with E-state index in [-0.39, 0.29) is 34.8 Å². The van der Waals surface area contributed by atoms with E-state index in [1.54, 1.807) is 6.92 Å². The fraction of sp³-hybridized carbons (Fsp3) is 0.800. The first-order valence-electron chi connectivity index (χ1n) is 7.15. The van der Waals surface area contributed by atoms with Crippen LogP contribution in [0.2, 0.25) is 0 Å². The van der Waals surface area contributed by atoms with Crippen molar-refractivity contribution in [1.29, 1.82) is 0 Å². The Morgan fingerprint density at radius 2 is 1.85 bits per heavy atom. The minimum atomic E-state index is -1.37. The van der Waals surface area contributed by atoms with Crippen LogP contribution in [-0.2, 0) is 9.53 Å². The molecule has 5 nitrogen and oxygen atoms in total. The third-order valence-electron chi connectivity index (χ3n) is 5.21. The van der Waals surface area contributed by atoms with Gasteiger partial charge in [-0.3, -0.25) is 0 Å². The number of aliphatic hydroxyl groups is 3. The van der Waals surface area contributed by atoms with Crippen LogP contribution in [0.3, 0.4) is 0 Å². The second kappa shape index (κ2) is 4.06. The Hall–Kier alpha value is -0.910. The van der Waals surface area contributed by atoms with Crippen LogP contribution in [0, 0.1) is 17.3 Å². The number of ether oxygens (including phenoxy) is 1. The molecule has 0 amide bonds. The molecular weight excluding hydrogens is 260 g/mol. The van der Waals surface area contributed by atoms with Crippen LogP contribution in [-0.4, -0.2) is 39.3 Å². The van der Waals surface area contributed by atoms with Gasteiger partial charge < -0.3 is 20.1 Å². The Morgan fingerprint density at radius 3 is 2.50 bits per heavy atom. The van der Waals surface area contributed by atoms with E-state index in [2.05, 4.69) is 13.8 Å². The number of aliphatic hydroxyl groups excluding tert-OH is 2. The molecule has 5 atom stereocenters. The largest absolute Gasteiger partial charge is 0.428 e. The number of cyclic esters (lactones) is 1. The van der Waals surface area contributed by atoms with Crippen LogP contribution < -0.4 is 0 Å². The maximum Gasteiger partial charge on any atom is 0.336 e. The molecule has 1 heterocycles. The molecule has 0 aromatic rings. The van der Waals surface area contributed by atoms with Crippen molar-refractivity contribution in [2.24, 2.45) is 17.3 Å². The second-order valence-electron chi connectivity index (χ2n) is 7.51. The molecule has 0 spiro atoms. The predicted molar refractivity (Wildman–Crippen MR) is 70.4 cm³/mol. The Kier molecular flexibility index (Phi) is 2.85. The Balaban J connectivity index is 2.07. The van der Waals surface area contributed by atoms with Gasteiger partial charge in [0.25, 0.3) is 0 Å². The first-order chi connectivity index (χ1) is 9.12. The van der Waals surface area contributed by atoms with Crippen LogP contribution >= 0.6 is 0 Å². The fourth-order valence-electron chi connectivity index (χ4n) is 4.34. The zero-order valence-electron chi connectivity index (χ0n) is 12.1. The summed E-state index contributed by atoms with van der Waals surface area (Å²) in [5.41, 5.74) is -0.519. The average Bonchev–Trinajstić information content (AvgIpc) is 2.74. The van der Waals surface area contributed by atoms with E-state index in [1.807, 2.05) is 0 Å². The average molecular weight is 282 g/mol. The van der Waals surface area contributed by atoms with Gasteiger partial charge in [0.05, 0.1) is 11.7 Å². The molecule has 0 radical (unpaired) electrons. The van der Waals surface area contributed by atoms with E-state index in [4.69, 9.17) is 4.74 Å². The van der Waals surface area contributed by atoms with Gasteiger partial charge in [-0.2, -0.15) is 0 Å². The van der Waals surface area contributed by atoms with Crippen LogP contribution in [0.4, 0.5) is 0 Å². The normalized spacial score (nSPS) is 46.8. The summed E-state index contributed by atoms with van der Waals surface area (Å²) in [5.74, 6) is -0.860. The van der Waals surface area contributed by atoms with E-state index in [0.29, 0.717) is 0 Å². The predicted octanol–water partition coefficient (Wildman–Crippen LogP) is 0.726. The van der Waals surface area contributed by atoms with Crippen molar-refractivity contribution in [2.45, 2.75) is 58.0 Å². The van der Waals surface area contributed by atoms with Crippen molar-refractivity contribution in [3.05, 3.63) is 11.1 Å². The summed E-state index contributed by atoms with van der Waals surface area (Å²) in [4.78, 5) is 11.8. The number of fused-ring (bicyclic) bond motifs is 1. The van der Waals surface area contributed by atoms with Crippen LogP contribution in [0.5, 0.6) is 0 Å². The minimum Gasteiger partial charge on any atom is -0.428 e. The fourth-order valence-corrected chi connectivity index (χ4v) is 4.34. The third kappa shape index (κ3) is 1.91. The molecule has 0 aromatic carbocycles. The molecule has 5 heteroatoms. The standard InChI is InChI=1S/C15H22O5/c1-14(2)4-7-9(6-14)15(3,19)5-8-10(11(7)16)13(18)20-12(8)17/h7,9,11,13,16,18-19H,4-6H2,1-3H3/t7-,9-,11-,13+,15-/m0/s1. The number of esters is 1. The van der Waals surface area contributed by atoms with E-state index in [0.717, 1.165) is 12.8 Å². The van der Waals surface area contributed by atoms with Gasteiger partial charge >= 0.3 is 5.97 Å². The van der Waals surface area contributed by atoms with E-state index in [9.17, 15) is 20.1 Å². The summed E-state index contributed by atoms with van der Waals surface area (Å²) in [7, 11) is 0. The van der Waals surface area contributed by atoms with Crippen LogP contribution in [0.1, 0.15) is 40.0 Å². The molecule has 0 saturated heterocycles. The molecule has 112 valence electrons. The maximum absolute atomic E-state index is 11.8. The molecular formula is C15H22O5. The molecule has 0 unspecified atom stereocenters. The van der Waals surface area contributed by atoms with Crippen LogP contribution in [0.15, 0.2) is 11.1 Å². The lowest BCUT2D eigenvalue weighted by Gasteiger charge is -2.34. The summed E-state index contributed by atoms with van der Waals surface area (Å²) >= 11 is 0. The number of rotatable bonds is 0. The molecule has 3 N–H and O–H groups in total. The van der Waals surface area contributed by atoms with Gasteiger partial charge in [-0.25, -0.2) is 4.79 Å². The van der Waals surface area contributed by atoms with Crippen molar-refractivity contribution in [3.63, 3.8) is 0 Å². The smallest absolute Gasteiger partial charge is 0.336 e. The Morgan fingerprint density at radius 1 is 1.20 bits per heavy atom. The van der Waals surface area contributed by atoms with E-state index >= 15 is 0 Å². The number of carbonyl (C=O) groups excluding carboxylic acids is 1. The monoisotopic (exact) mass is 282 g/mol. The lowest BCUT2D eigenvalue weighted by molar-refractivity contribution is -0.154. The molecule has 3 rings (SSSR count). The van der Waals surface area contributed by atoms with Gasteiger partial charge in [0, 0.05) is 17.6 Å². The molecule has 0 aromatic heterocycles. The van der Waals surface area contributed by atoms with Crippen molar-refractivity contribution in [3.8, 4) is 0 Å². The maximum atomic E-state index is 11.8. The molecule has 1 saturated carbocycles. The molecule has 0 bridgehead atoms. The summed E-state index contributed by atoms with van der Waals surface area (Å²) in [6, 6.07) is 0.